The zero-order valence-electron chi connectivity index (χ0n) is 20.9. The number of aromatic nitrogens is 1. The molecule has 0 aliphatic carbocycles. The summed E-state index contributed by atoms with van der Waals surface area (Å²) in [5.74, 6) is 3.10. The predicted octanol–water partition coefficient (Wildman–Crippen LogP) is 4.83. The highest BCUT2D eigenvalue weighted by Gasteiger charge is 2.20. The first-order valence-electron chi connectivity index (χ1n) is 12.4. The van der Waals surface area contributed by atoms with Crippen LogP contribution in [0.2, 0.25) is 0 Å². The van der Waals surface area contributed by atoms with Crippen molar-refractivity contribution in [3.05, 3.63) is 101 Å². The first-order valence-corrected chi connectivity index (χ1v) is 12.4. The molecule has 4 aromatic rings. The van der Waals surface area contributed by atoms with Crippen LogP contribution >= 0.6 is 0 Å². The Hall–Kier alpha value is -4.50. The third kappa shape index (κ3) is 5.28. The molecule has 0 spiro atoms. The molecule has 1 atom stereocenters. The minimum Gasteiger partial charge on any atom is -0.454 e. The number of hydrogen-bond donors (Lipinski definition) is 1. The van der Waals surface area contributed by atoms with E-state index in [2.05, 4.69) is 15.2 Å². The molecule has 0 unspecified atom stereocenters. The van der Waals surface area contributed by atoms with Crippen molar-refractivity contribution in [1.82, 2.24) is 15.2 Å². The van der Waals surface area contributed by atoms with Crippen LogP contribution in [-0.4, -0.2) is 29.4 Å². The van der Waals surface area contributed by atoms with Crippen LogP contribution in [0.15, 0.2) is 77.4 Å². The molecule has 38 heavy (non-hydrogen) atoms. The average Bonchev–Trinajstić information content (AvgIpc) is 3.69. The standard InChI is InChI=1S/C29H27N3O6/c1-19(22-5-3-2-4-6-22)30-29(33)23-16-34-28(31-23)15-32(13-20-7-9-24-26(11-20)37-17-35-24)14-21-8-10-25-27(12-21)38-18-36-25/h2-12,16,19H,13-15,17-18H2,1H3,(H,30,33)/t19-/m0/s1. The molecule has 3 heterocycles. The Balaban J connectivity index is 1.18. The lowest BCUT2D eigenvalue weighted by Crippen LogP contribution is -2.27. The monoisotopic (exact) mass is 513 g/mol. The summed E-state index contributed by atoms with van der Waals surface area (Å²) in [6, 6.07) is 21.4. The van der Waals surface area contributed by atoms with Crippen molar-refractivity contribution in [1.29, 1.82) is 0 Å². The highest BCUT2D eigenvalue weighted by Crippen LogP contribution is 2.34. The van der Waals surface area contributed by atoms with Gasteiger partial charge in [-0.05, 0) is 47.9 Å². The largest absolute Gasteiger partial charge is 0.454 e. The minimum absolute atomic E-state index is 0.155. The molecule has 6 rings (SSSR count). The number of carbonyl (C=O) groups is 1. The molecule has 9 nitrogen and oxygen atoms in total. The van der Waals surface area contributed by atoms with E-state index < -0.39 is 0 Å². The van der Waals surface area contributed by atoms with Gasteiger partial charge in [0.1, 0.15) is 6.26 Å². The van der Waals surface area contributed by atoms with E-state index in [0.717, 1.165) is 39.7 Å². The molecule has 1 aromatic heterocycles. The van der Waals surface area contributed by atoms with Gasteiger partial charge in [-0.1, -0.05) is 42.5 Å². The van der Waals surface area contributed by atoms with Gasteiger partial charge in [0, 0.05) is 13.1 Å². The van der Waals surface area contributed by atoms with E-state index in [-0.39, 0.29) is 31.2 Å². The SMILES string of the molecule is C[C@H](NC(=O)c1coc(CN(Cc2ccc3c(c2)OCO3)Cc2ccc3c(c2)OCO3)n1)c1ccccc1. The molecular formula is C29H27N3O6. The first-order chi connectivity index (χ1) is 18.6. The Morgan fingerprint density at radius 3 is 2.08 bits per heavy atom. The maximum absolute atomic E-state index is 12.8. The van der Waals surface area contributed by atoms with Crippen molar-refractivity contribution in [2.45, 2.75) is 32.6 Å². The number of oxazole rings is 1. The van der Waals surface area contributed by atoms with Gasteiger partial charge < -0.3 is 28.7 Å². The van der Waals surface area contributed by atoms with Gasteiger partial charge in [0.25, 0.3) is 5.91 Å². The summed E-state index contributed by atoms with van der Waals surface area (Å²) >= 11 is 0. The third-order valence-corrected chi connectivity index (χ3v) is 6.48. The molecule has 0 saturated heterocycles. The van der Waals surface area contributed by atoms with Gasteiger partial charge in [0.2, 0.25) is 19.5 Å². The smallest absolute Gasteiger partial charge is 0.273 e. The second-order valence-electron chi connectivity index (χ2n) is 9.25. The quantitative estimate of drug-likeness (QED) is 0.340. The van der Waals surface area contributed by atoms with Crippen molar-refractivity contribution < 1.29 is 28.2 Å². The Morgan fingerprint density at radius 1 is 0.842 bits per heavy atom. The van der Waals surface area contributed by atoms with Gasteiger partial charge in [-0.25, -0.2) is 4.98 Å². The van der Waals surface area contributed by atoms with Gasteiger partial charge in [0.15, 0.2) is 28.7 Å². The van der Waals surface area contributed by atoms with Crippen LogP contribution in [0.3, 0.4) is 0 Å². The number of carbonyl (C=O) groups excluding carboxylic acids is 1. The Kier molecular flexibility index (Phi) is 6.58. The molecule has 0 bridgehead atoms. The summed E-state index contributed by atoms with van der Waals surface area (Å²) < 4.78 is 27.7. The summed E-state index contributed by atoms with van der Waals surface area (Å²) in [6.45, 7) is 3.98. The number of fused-ring (bicyclic) bond motifs is 2. The maximum atomic E-state index is 12.8. The number of nitrogens with zero attached hydrogens (tertiary/aromatic N) is 2. The Labute approximate surface area is 219 Å². The average molecular weight is 514 g/mol. The van der Waals surface area contributed by atoms with Gasteiger partial charge in [-0.2, -0.15) is 0 Å². The number of rotatable bonds is 9. The van der Waals surface area contributed by atoms with Crippen molar-refractivity contribution >= 4 is 5.91 Å². The van der Waals surface area contributed by atoms with E-state index in [9.17, 15) is 4.79 Å². The number of benzene rings is 3. The highest BCUT2D eigenvalue weighted by molar-refractivity contribution is 5.92. The van der Waals surface area contributed by atoms with E-state index in [4.69, 9.17) is 23.4 Å². The summed E-state index contributed by atoms with van der Waals surface area (Å²) in [5.41, 5.74) is 3.37. The molecule has 2 aliphatic heterocycles. The van der Waals surface area contributed by atoms with E-state index in [1.54, 1.807) is 0 Å². The van der Waals surface area contributed by atoms with Gasteiger partial charge in [0.05, 0.1) is 12.6 Å². The molecule has 9 heteroatoms. The lowest BCUT2D eigenvalue weighted by molar-refractivity contribution is 0.0934. The van der Waals surface area contributed by atoms with Crippen LogP contribution in [0, 0.1) is 0 Å². The van der Waals surface area contributed by atoms with Crippen LogP contribution in [0.5, 0.6) is 23.0 Å². The second kappa shape index (κ2) is 10.5. The fourth-order valence-corrected chi connectivity index (χ4v) is 4.54. The summed E-state index contributed by atoms with van der Waals surface area (Å²) in [5, 5.41) is 2.98. The zero-order valence-corrected chi connectivity index (χ0v) is 20.9. The fraction of sp³-hybridized carbons (Fsp3) is 0.241. The van der Waals surface area contributed by atoms with Crippen LogP contribution in [0.4, 0.5) is 0 Å². The number of nitrogens with one attached hydrogen (secondary N) is 1. The van der Waals surface area contributed by atoms with Crippen LogP contribution in [0.1, 0.15) is 46.0 Å². The molecule has 0 radical (unpaired) electrons. The van der Waals surface area contributed by atoms with Gasteiger partial charge in [-0.3, -0.25) is 9.69 Å². The van der Waals surface area contributed by atoms with Crippen molar-refractivity contribution in [3.63, 3.8) is 0 Å². The summed E-state index contributed by atoms with van der Waals surface area (Å²) in [6.07, 6.45) is 1.40. The molecule has 194 valence electrons. The topological polar surface area (TPSA) is 95.3 Å². The van der Waals surface area contributed by atoms with E-state index in [0.29, 0.717) is 25.5 Å². The molecule has 0 fully saturated rings. The number of ether oxygens (including phenoxy) is 4. The van der Waals surface area contributed by atoms with Crippen molar-refractivity contribution in [2.24, 2.45) is 0 Å². The van der Waals surface area contributed by atoms with Crippen molar-refractivity contribution in [3.8, 4) is 23.0 Å². The van der Waals surface area contributed by atoms with Gasteiger partial charge >= 0.3 is 0 Å². The lowest BCUT2D eigenvalue weighted by atomic mass is 10.1. The normalized spacial score (nSPS) is 14.1. The lowest BCUT2D eigenvalue weighted by Gasteiger charge is -2.21. The number of hydrogen-bond acceptors (Lipinski definition) is 8. The highest BCUT2D eigenvalue weighted by atomic mass is 16.7. The molecule has 1 N–H and O–H groups in total. The first kappa shape index (κ1) is 23.9. The molecule has 1 amide bonds. The van der Waals surface area contributed by atoms with Crippen LogP contribution in [0.25, 0.3) is 0 Å². The fourth-order valence-electron chi connectivity index (χ4n) is 4.54. The summed E-state index contributed by atoms with van der Waals surface area (Å²) in [7, 11) is 0. The molecule has 0 saturated carbocycles. The Morgan fingerprint density at radius 2 is 1.45 bits per heavy atom. The molecular weight excluding hydrogens is 486 g/mol. The molecule has 3 aromatic carbocycles. The zero-order chi connectivity index (χ0) is 25.9. The van der Waals surface area contributed by atoms with Gasteiger partial charge in [-0.15, -0.1) is 0 Å². The van der Waals surface area contributed by atoms with E-state index >= 15 is 0 Å². The van der Waals surface area contributed by atoms with Crippen LogP contribution in [-0.2, 0) is 19.6 Å². The Bertz CT molecular complexity index is 1380. The maximum Gasteiger partial charge on any atom is 0.273 e. The predicted molar refractivity (Wildman–Crippen MR) is 137 cm³/mol. The van der Waals surface area contributed by atoms with Crippen molar-refractivity contribution in [2.75, 3.05) is 13.6 Å². The second-order valence-corrected chi connectivity index (χ2v) is 9.25. The van der Waals surface area contributed by atoms with E-state index in [1.807, 2.05) is 73.7 Å². The van der Waals surface area contributed by atoms with E-state index in [1.165, 1.54) is 6.26 Å². The van der Waals surface area contributed by atoms with Crippen LogP contribution < -0.4 is 24.3 Å². The molecule has 2 aliphatic rings. The minimum atomic E-state index is -0.283. The third-order valence-electron chi connectivity index (χ3n) is 6.48. The summed E-state index contributed by atoms with van der Waals surface area (Å²) in [4.78, 5) is 19.5. The number of amides is 1.